The van der Waals surface area contributed by atoms with Crippen LogP contribution in [0.2, 0.25) is 10.0 Å². The number of halogens is 2. The topological polar surface area (TPSA) is 28.2 Å². The van der Waals surface area contributed by atoms with E-state index in [1.54, 1.807) is 6.07 Å². The molecule has 20 heavy (non-hydrogen) atoms. The maximum absolute atomic E-state index is 6.33. The van der Waals surface area contributed by atoms with Gasteiger partial charge in [0.15, 0.2) is 0 Å². The standard InChI is InChI=1S/C15H23Cl2N3/c1-10(2)11-5-4-7-20(8-6-11)15-13(17)9-12(16)14(18-3)19-15/h9-11H,4-8H2,1-3H3,(H,18,19). The second-order valence-corrected chi connectivity index (χ2v) is 6.61. The lowest BCUT2D eigenvalue weighted by molar-refractivity contribution is 0.351. The predicted octanol–water partition coefficient (Wildman–Crippen LogP) is 4.69. The fraction of sp³-hybridized carbons (Fsp3) is 0.667. The van der Waals surface area contributed by atoms with Crippen LogP contribution >= 0.6 is 23.2 Å². The molecule has 5 heteroatoms. The predicted molar refractivity (Wildman–Crippen MR) is 88.2 cm³/mol. The van der Waals surface area contributed by atoms with Gasteiger partial charge in [-0.25, -0.2) is 4.98 Å². The Balaban J connectivity index is 2.19. The zero-order valence-corrected chi connectivity index (χ0v) is 13.9. The molecule has 1 atom stereocenters. The second kappa shape index (κ2) is 6.86. The first-order valence-electron chi connectivity index (χ1n) is 7.31. The Morgan fingerprint density at radius 1 is 1.25 bits per heavy atom. The lowest BCUT2D eigenvalue weighted by Crippen LogP contribution is -2.26. The van der Waals surface area contributed by atoms with Crippen molar-refractivity contribution in [2.45, 2.75) is 33.1 Å². The van der Waals surface area contributed by atoms with Crippen LogP contribution < -0.4 is 10.2 Å². The number of nitrogens with one attached hydrogen (secondary N) is 1. The first kappa shape index (κ1) is 15.7. The monoisotopic (exact) mass is 315 g/mol. The number of aromatic nitrogens is 1. The van der Waals surface area contributed by atoms with Crippen molar-refractivity contribution in [3.05, 3.63) is 16.1 Å². The molecular formula is C15H23Cl2N3. The van der Waals surface area contributed by atoms with Gasteiger partial charge in [-0.2, -0.15) is 0 Å². The fourth-order valence-electron chi connectivity index (χ4n) is 2.85. The molecule has 1 saturated heterocycles. The molecule has 1 aliphatic heterocycles. The van der Waals surface area contributed by atoms with E-state index >= 15 is 0 Å². The van der Waals surface area contributed by atoms with Crippen LogP contribution in [0, 0.1) is 11.8 Å². The SMILES string of the molecule is CNc1nc(N2CCCC(C(C)C)CC2)c(Cl)cc1Cl. The molecule has 0 aliphatic carbocycles. The van der Waals surface area contributed by atoms with Crippen molar-refractivity contribution in [2.24, 2.45) is 11.8 Å². The third kappa shape index (κ3) is 3.50. The molecule has 112 valence electrons. The molecule has 1 unspecified atom stereocenters. The zero-order valence-electron chi connectivity index (χ0n) is 12.4. The molecule has 3 nitrogen and oxygen atoms in total. The molecule has 2 rings (SSSR count). The van der Waals surface area contributed by atoms with E-state index in [1.807, 2.05) is 7.05 Å². The Labute approximate surface area is 131 Å². The quantitative estimate of drug-likeness (QED) is 0.876. The van der Waals surface area contributed by atoms with Crippen LogP contribution in [0.3, 0.4) is 0 Å². The van der Waals surface area contributed by atoms with Gasteiger partial charge in [0.25, 0.3) is 0 Å². The van der Waals surface area contributed by atoms with Crippen LogP contribution in [0.1, 0.15) is 33.1 Å². The third-order valence-corrected chi connectivity index (χ3v) is 4.73. The van der Waals surface area contributed by atoms with Crippen molar-refractivity contribution in [3.63, 3.8) is 0 Å². The summed E-state index contributed by atoms with van der Waals surface area (Å²) in [5.74, 6) is 3.09. The van der Waals surface area contributed by atoms with E-state index in [9.17, 15) is 0 Å². The third-order valence-electron chi connectivity index (χ3n) is 4.16. The highest BCUT2D eigenvalue weighted by atomic mass is 35.5. The van der Waals surface area contributed by atoms with E-state index in [2.05, 4.69) is 29.0 Å². The number of hydrogen-bond donors (Lipinski definition) is 1. The van der Waals surface area contributed by atoms with Gasteiger partial charge in [0.1, 0.15) is 11.6 Å². The van der Waals surface area contributed by atoms with E-state index < -0.39 is 0 Å². The summed E-state index contributed by atoms with van der Waals surface area (Å²) < 4.78 is 0. The van der Waals surface area contributed by atoms with E-state index in [4.69, 9.17) is 23.2 Å². The first-order chi connectivity index (χ1) is 9.52. The summed E-state index contributed by atoms with van der Waals surface area (Å²) in [6.45, 7) is 6.65. The van der Waals surface area contributed by atoms with E-state index in [1.165, 1.54) is 19.3 Å². The van der Waals surface area contributed by atoms with Crippen LogP contribution in [0.4, 0.5) is 11.6 Å². The Kier molecular flexibility index (Phi) is 5.39. The number of rotatable bonds is 3. The van der Waals surface area contributed by atoms with E-state index in [0.717, 1.165) is 30.7 Å². The van der Waals surface area contributed by atoms with Crippen molar-refractivity contribution in [2.75, 3.05) is 30.4 Å². The molecule has 1 fully saturated rings. The van der Waals surface area contributed by atoms with Crippen molar-refractivity contribution in [1.82, 2.24) is 4.98 Å². The minimum atomic E-state index is 0.566. The van der Waals surface area contributed by atoms with Gasteiger partial charge in [0.05, 0.1) is 10.0 Å². The summed E-state index contributed by atoms with van der Waals surface area (Å²) in [5, 5.41) is 4.22. The zero-order chi connectivity index (χ0) is 14.7. The smallest absolute Gasteiger partial charge is 0.149 e. The van der Waals surface area contributed by atoms with Crippen molar-refractivity contribution in [1.29, 1.82) is 0 Å². The summed E-state index contributed by atoms with van der Waals surface area (Å²) >= 11 is 12.4. The molecule has 1 N–H and O–H groups in total. The molecule has 0 saturated carbocycles. The van der Waals surface area contributed by atoms with Gasteiger partial charge in [-0.1, -0.05) is 37.0 Å². The van der Waals surface area contributed by atoms with E-state index in [-0.39, 0.29) is 0 Å². The van der Waals surface area contributed by atoms with Gasteiger partial charge in [-0.3, -0.25) is 0 Å². The summed E-state index contributed by atoms with van der Waals surface area (Å²) in [6.07, 6.45) is 3.68. The number of nitrogens with zero attached hydrogens (tertiary/aromatic N) is 2. The highest BCUT2D eigenvalue weighted by Gasteiger charge is 2.22. The van der Waals surface area contributed by atoms with Gasteiger partial charge in [-0.15, -0.1) is 0 Å². The highest BCUT2D eigenvalue weighted by molar-refractivity contribution is 6.37. The minimum absolute atomic E-state index is 0.566. The van der Waals surface area contributed by atoms with Crippen LogP contribution in [0.5, 0.6) is 0 Å². The van der Waals surface area contributed by atoms with Gasteiger partial charge < -0.3 is 10.2 Å². The Bertz CT molecular complexity index is 463. The van der Waals surface area contributed by atoms with Crippen LogP contribution in [-0.2, 0) is 0 Å². The molecule has 0 amide bonds. The molecule has 0 aromatic carbocycles. The van der Waals surface area contributed by atoms with E-state index in [0.29, 0.717) is 15.9 Å². The van der Waals surface area contributed by atoms with Crippen LogP contribution in [0.15, 0.2) is 6.07 Å². The van der Waals surface area contributed by atoms with Crippen molar-refractivity contribution >= 4 is 34.8 Å². The lowest BCUT2D eigenvalue weighted by Gasteiger charge is -2.24. The summed E-state index contributed by atoms with van der Waals surface area (Å²) in [6, 6.07) is 1.78. The summed E-state index contributed by atoms with van der Waals surface area (Å²) in [5.41, 5.74) is 0. The van der Waals surface area contributed by atoms with Gasteiger partial charge in [0, 0.05) is 20.1 Å². The summed E-state index contributed by atoms with van der Waals surface area (Å²) in [7, 11) is 1.82. The van der Waals surface area contributed by atoms with Gasteiger partial charge in [0.2, 0.25) is 0 Å². The van der Waals surface area contributed by atoms with Gasteiger partial charge in [-0.05, 0) is 37.2 Å². The van der Waals surface area contributed by atoms with Crippen LogP contribution in [0.25, 0.3) is 0 Å². The largest absolute Gasteiger partial charge is 0.372 e. The Morgan fingerprint density at radius 2 is 2.00 bits per heavy atom. The molecule has 0 bridgehead atoms. The molecule has 1 aromatic heterocycles. The highest BCUT2D eigenvalue weighted by Crippen LogP contribution is 2.33. The normalized spacial score (nSPS) is 20.1. The van der Waals surface area contributed by atoms with Crippen LogP contribution in [-0.4, -0.2) is 25.1 Å². The average Bonchev–Trinajstić information content (AvgIpc) is 2.65. The minimum Gasteiger partial charge on any atom is -0.372 e. The number of anilines is 2. The number of pyridine rings is 1. The van der Waals surface area contributed by atoms with Crippen molar-refractivity contribution in [3.8, 4) is 0 Å². The Hall–Kier alpha value is -0.670. The fourth-order valence-corrected chi connectivity index (χ4v) is 3.43. The second-order valence-electron chi connectivity index (χ2n) is 5.80. The Morgan fingerprint density at radius 3 is 2.65 bits per heavy atom. The summed E-state index contributed by atoms with van der Waals surface area (Å²) in [4.78, 5) is 6.87. The molecule has 0 spiro atoms. The first-order valence-corrected chi connectivity index (χ1v) is 8.07. The number of hydrogen-bond acceptors (Lipinski definition) is 3. The molecular weight excluding hydrogens is 293 g/mol. The molecule has 2 heterocycles. The molecule has 0 radical (unpaired) electrons. The molecule has 1 aromatic rings. The maximum Gasteiger partial charge on any atom is 0.149 e. The van der Waals surface area contributed by atoms with Gasteiger partial charge >= 0.3 is 0 Å². The van der Waals surface area contributed by atoms with Crippen molar-refractivity contribution < 1.29 is 0 Å². The average molecular weight is 316 g/mol. The lowest BCUT2D eigenvalue weighted by atomic mass is 9.89. The molecule has 1 aliphatic rings. The maximum atomic E-state index is 6.33.